The summed E-state index contributed by atoms with van der Waals surface area (Å²) in [5.41, 5.74) is 1.61. The standard InChI is InChI=1S/C10H9FN2O2S/c11-16(14,15)10-6-12-9-5-8(7-1-2-7)3-4-13(9)10/h3-7H,1-2H2. The quantitative estimate of drug-likeness (QED) is 0.753. The Kier molecular flexibility index (Phi) is 1.85. The second-order valence-electron chi connectivity index (χ2n) is 4.00. The Labute approximate surface area is 91.9 Å². The molecule has 2 aromatic rings. The molecule has 1 aliphatic carbocycles. The minimum Gasteiger partial charge on any atom is -0.288 e. The number of imidazole rings is 1. The van der Waals surface area contributed by atoms with Gasteiger partial charge in [-0.2, -0.15) is 8.42 Å². The average molecular weight is 240 g/mol. The van der Waals surface area contributed by atoms with Crippen LogP contribution >= 0.6 is 0 Å². The number of pyridine rings is 1. The Bertz CT molecular complexity index is 659. The number of halogens is 1. The molecule has 1 fully saturated rings. The summed E-state index contributed by atoms with van der Waals surface area (Å²) in [4.78, 5) is 3.90. The molecule has 0 unspecified atom stereocenters. The van der Waals surface area contributed by atoms with Gasteiger partial charge >= 0.3 is 10.2 Å². The third-order valence-electron chi connectivity index (χ3n) is 2.80. The number of nitrogens with zero attached hydrogens (tertiary/aromatic N) is 2. The number of hydrogen-bond acceptors (Lipinski definition) is 3. The molecule has 84 valence electrons. The highest BCUT2D eigenvalue weighted by atomic mass is 32.3. The van der Waals surface area contributed by atoms with Crippen LogP contribution in [0.1, 0.15) is 24.3 Å². The van der Waals surface area contributed by atoms with E-state index in [0.717, 1.165) is 24.6 Å². The van der Waals surface area contributed by atoms with Gasteiger partial charge in [0.2, 0.25) is 0 Å². The average Bonchev–Trinajstić information content (AvgIpc) is 2.95. The predicted octanol–water partition coefficient (Wildman–Crippen LogP) is 1.87. The monoisotopic (exact) mass is 240 g/mol. The van der Waals surface area contributed by atoms with Crippen LogP contribution in [-0.4, -0.2) is 17.8 Å². The van der Waals surface area contributed by atoms with Gasteiger partial charge in [0.15, 0.2) is 5.03 Å². The van der Waals surface area contributed by atoms with Crippen molar-refractivity contribution in [3.8, 4) is 0 Å². The van der Waals surface area contributed by atoms with Crippen molar-refractivity contribution in [1.82, 2.24) is 9.38 Å². The molecule has 1 aliphatic rings. The first-order valence-corrected chi connectivity index (χ1v) is 6.36. The van der Waals surface area contributed by atoms with Gasteiger partial charge in [0.1, 0.15) is 5.65 Å². The molecular weight excluding hydrogens is 231 g/mol. The van der Waals surface area contributed by atoms with Gasteiger partial charge in [-0.15, -0.1) is 0 Å². The molecule has 0 spiro atoms. The van der Waals surface area contributed by atoms with E-state index < -0.39 is 15.2 Å². The highest BCUT2D eigenvalue weighted by molar-refractivity contribution is 7.86. The lowest BCUT2D eigenvalue weighted by Crippen LogP contribution is -1.97. The molecule has 0 aromatic carbocycles. The van der Waals surface area contributed by atoms with Gasteiger partial charge in [-0.25, -0.2) is 4.98 Å². The minimum absolute atomic E-state index is 0.412. The van der Waals surface area contributed by atoms with Crippen molar-refractivity contribution in [2.24, 2.45) is 0 Å². The van der Waals surface area contributed by atoms with E-state index in [0.29, 0.717) is 11.6 Å². The van der Waals surface area contributed by atoms with E-state index in [1.54, 1.807) is 6.20 Å². The predicted molar refractivity (Wildman–Crippen MR) is 55.5 cm³/mol. The summed E-state index contributed by atoms with van der Waals surface area (Å²) in [6.07, 6.45) is 4.92. The molecule has 0 bridgehead atoms. The Morgan fingerprint density at radius 3 is 2.81 bits per heavy atom. The van der Waals surface area contributed by atoms with Gasteiger partial charge < -0.3 is 0 Å². The summed E-state index contributed by atoms with van der Waals surface area (Å²) in [6.45, 7) is 0. The van der Waals surface area contributed by atoms with Crippen LogP contribution in [0.3, 0.4) is 0 Å². The lowest BCUT2D eigenvalue weighted by molar-refractivity contribution is 0.546. The fourth-order valence-electron chi connectivity index (χ4n) is 1.82. The summed E-state index contributed by atoms with van der Waals surface area (Å²) in [6, 6.07) is 3.63. The van der Waals surface area contributed by atoms with Crippen molar-refractivity contribution >= 4 is 15.9 Å². The first-order valence-electron chi connectivity index (χ1n) is 4.97. The van der Waals surface area contributed by atoms with Gasteiger partial charge in [0, 0.05) is 6.20 Å². The van der Waals surface area contributed by atoms with E-state index in [1.807, 2.05) is 12.1 Å². The van der Waals surface area contributed by atoms with Crippen molar-refractivity contribution in [2.45, 2.75) is 23.8 Å². The van der Waals surface area contributed by atoms with E-state index >= 15 is 0 Å². The maximum Gasteiger partial charge on any atom is 0.349 e. The molecule has 0 N–H and O–H groups in total. The molecule has 2 heterocycles. The SMILES string of the molecule is O=S(=O)(F)c1cnc2cc(C3CC3)ccn12. The van der Waals surface area contributed by atoms with Crippen LogP contribution in [0.25, 0.3) is 5.65 Å². The Hall–Kier alpha value is -1.43. The summed E-state index contributed by atoms with van der Waals surface area (Å²) < 4.78 is 35.7. The molecule has 16 heavy (non-hydrogen) atoms. The van der Waals surface area contributed by atoms with Crippen molar-refractivity contribution in [1.29, 1.82) is 0 Å². The van der Waals surface area contributed by atoms with Crippen molar-refractivity contribution in [3.05, 3.63) is 30.1 Å². The molecule has 0 radical (unpaired) electrons. The van der Waals surface area contributed by atoms with Crippen LogP contribution in [0.5, 0.6) is 0 Å². The molecule has 4 nitrogen and oxygen atoms in total. The third kappa shape index (κ3) is 1.49. The first kappa shape index (κ1) is 9.77. The third-order valence-corrected chi connectivity index (χ3v) is 3.60. The maximum absolute atomic E-state index is 12.9. The smallest absolute Gasteiger partial charge is 0.288 e. The van der Waals surface area contributed by atoms with Crippen LogP contribution in [-0.2, 0) is 10.2 Å². The van der Waals surface area contributed by atoms with Crippen LogP contribution < -0.4 is 0 Å². The largest absolute Gasteiger partial charge is 0.349 e. The summed E-state index contributed by atoms with van der Waals surface area (Å²) in [5.74, 6) is 0.562. The molecular formula is C10H9FN2O2S. The van der Waals surface area contributed by atoms with E-state index in [1.165, 1.54) is 4.40 Å². The zero-order valence-corrected chi connectivity index (χ0v) is 9.11. The first-order chi connectivity index (χ1) is 7.55. The molecule has 0 amide bonds. The van der Waals surface area contributed by atoms with E-state index in [4.69, 9.17) is 0 Å². The normalized spacial score (nSPS) is 16.8. The van der Waals surface area contributed by atoms with Crippen LogP contribution in [0, 0.1) is 0 Å². The molecule has 0 aliphatic heterocycles. The Morgan fingerprint density at radius 2 is 2.19 bits per heavy atom. The molecule has 3 rings (SSSR count). The Balaban J connectivity index is 2.21. The van der Waals surface area contributed by atoms with Gasteiger partial charge in [0.05, 0.1) is 6.20 Å². The van der Waals surface area contributed by atoms with E-state index in [2.05, 4.69) is 4.98 Å². The molecule has 0 atom stereocenters. The molecule has 2 aromatic heterocycles. The van der Waals surface area contributed by atoms with Crippen molar-refractivity contribution in [2.75, 3.05) is 0 Å². The summed E-state index contributed by atoms with van der Waals surface area (Å²) >= 11 is 0. The van der Waals surface area contributed by atoms with Crippen molar-refractivity contribution in [3.63, 3.8) is 0 Å². The van der Waals surface area contributed by atoms with Crippen LogP contribution in [0.4, 0.5) is 3.89 Å². The number of rotatable bonds is 2. The Morgan fingerprint density at radius 1 is 1.44 bits per heavy atom. The number of aromatic nitrogens is 2. The van der Waals surface area contributed by atoms with Crippen LogP contribution in [0.15, 0.2) is 29.6 Å². The lowest BCUT2D eigenvalue weighted by atomic mass is 10.2. The highest BCUT2D eigenvalue weighted by Crippen LogP contribution is 2.40. The minimum atomic E-state index is -4.70. The van der Waals surface area contributed by atoms with Gasteiger partial charge in [0.25, 0.3) is 0 Å². The second kappa shape index (κ2) is 3.04. The fourth-order valence-corrected chi connectivity index (χ4v) is 2.39. The second-order valence-corrected chi connectivity index (χ2v) is 5.29. The molecule has 0 saturated heterocycles. The lowest BCUT2D eigenvalue weighted by Gasteiger charge is -2.00. The summed E-state index contributed by atoms with van der Waals surface area (Å²) in [7, 11) is -4.70. The number of fused-ring (bicyclic) bond motifs is 1. The van der Waals surface area contributed by atoms with Gasteiger partial charge in [-0.1, -0.05) is 3.89 Å². The number of hydrogen-bond donors (Lipinski definition) is 0. The highest BCUT2D eigenvalue weighted by Gasteiger charge is 2.25. The summed E-state index contributed by atoms with van der Waals surface area (Å²) in [5, 5.41) is -0.412. The maximum atomic E-state index is 12.9. The fraction of sp³-hybridized carbons (Fsp3) is 0.300. The molecule has 6 heteroatoms. The van der Waals surface area contributed by atoms with Crippen LogP contribution in [0.2, 0.25) is 0 Å². The van der Waals surface area contributed by atoms with Crippen molar-refractivity contribution < 1.29 is 12.3 Å². The van der Waals surface area contributed by atoms with E-state index in [-0.39, 0.29) is 0 Å². The zero-order valence-electron chi connectivity index (χ0n) is 8.30. The topological polar surface area (TPSA) is 51.4 Å². The molecule has 1 saturated carbocycles. The van der Waals surface area contributed by atoms with Gasteiger partial charge in [-0.05, 0) is 36.5 Å². The van der Waals surface area contributed by atoms with Gasteiger partial charge in [-0.3, -0.25) is 4.40 Å². The van der Waals surface area contributed by atoms with E-state index in [9.17, 15) is 12.3 Å². The zero-order chi connectivity index (χ0) is 11.3.